The molecule has 0 N–H and O–H groups in total. The Balaban J connectivity index is 1.56. The highest BCUT2D eigenvalue weighted by Gasteiger charge is 2.32. The highest BCUT2D eigenvalue weighted by atomic mass is 35.5. The Morgan fingerprint density at radius 3 is 2.07 bits per heavy atom. The summed E-state index contributed by atoms with van der Waals surface area (Å²) in [5.41, 5.74) is 3.66. The molecule has 1 fully saturated rings. The first-order valence-electron chi connectivity index (χ1n) is 10.1. The van der Waals surface area contributed by atoms with Crippen molar-refractivity contribution in [2.24, 2.45) is 0 Å². The molecule has 4 nitrogen and oxygen atoms in total. The minimum atomic E-state index is -3.55. The van der Waals surface area contributed by atoms with Crippen LogP contribution >= 0.6 is 11.6 Å². The van der Waals surface area contributed by atoms with Gasteiger partial charge in [-0.15, -0.1) is 0 Å². The van der Waals surface area contributed by atoms with E-state index >= 15 is 0 Å². The molecule has 156 valence electrons. The van der Waals surface area contributed by atoms with Crippen LogP contribution in [0.15, 0.2) is 83.8 Å². The van der Waals surface area contributed by atoms with Gasteiger partial charge in [-0.1, -0.05) is 77.8 Å². The van der Waals surface area contributed by atoms with Crippen LogP contribution in [0.5, 0.6) is 0 Å². The van der Waals surface area contributed by atoms with Crippen LogP contribution in [0.4, 0.5) is 0 Å². The Labute approximate surface area is 183 Å². The normalized spacial score (nSPS) is 17.0. The molecule has 30 heavy (non-hydrogen) atoms. The van der Waals surface area contributed by atoms with Crippen molar-refractivity contribution in [3.63, 3.8) is 0 Å². The number of hydrogen-bond donors (Lipinski definition) is 0. The van der Waals surface area contributed by atoms with Crippen LogP contribution in [0.25, 0.3) is 0 Å². The second-order valence-corrected chi connectivity index (χ2v) is 10.00. The maximum absolute atomic E-state index is 13.0. The van der Waals surface area contributed by atoms with Crippen LogP contribution in [0.3, 0.4) is 0 Å². The minimum absolute atomic E-state index is 0.0998. The molecule has 0 aliphatic carbocycles. The van der Waals surface area contributed by atoms with E-state index in [1.807, 2.05) is 6.07 Å². The van der Waals surface area contributed by atoms with Crippen molar-refractivity contribution in [2.75, 3.05) is 26.2 Å². The average Bonchev–Trinajstić information content (AvgIpc) is 2.76. The maximum Gasteiger partial charge on any atom is 0.243 e. The van der Waals surface area contributed by atoms with Gasteiger partial charge in [0.2, 0.25) is 10.0 Å². The molecule has 4 rings (SSSR count). The summed E-state index contributed by atoms with van der Waals surface area (Å²) in [6, 6.07) is 25.6. The Morgan fingerprint density at radius 2 is 1.43 bits per heavy atom. The summed E-state index contributed by atoms with van der Waals surface area (Å²) in [6.07, 6.45) is 0. The van der Waals surface area contributed by atoms with Gasteiger partial charge in [0.1, 0.15) is 0 Å². The van der Waals surface area contributed by atoms with Crippen LogP contribution in [0.1, 0.15) is 22.7 Å². The van der Waals surface area contributed by atoms with Crippen molar-refractivity contribution in [1.82, 2.24) is 9.21 Å². The first-order valence-corrected chi connectivity index (χ1v) is 11.9. The number of nitrogens with zero attached hydrogens (tertiary/aromatic N) is 2. The molecule has 6 heteroatoms. The van der Waals surface area contributed by atoms with E-state index < -0.39 is 10.0 Å². The summed E-state index contributed by atoms with van der Waals surface area (Å²) in [7, 11) is -3.55. The molecular formula is C24H25ClN2O2S. The van der Waals surface area contributed by atoms with E-state index in [1.54, 1.807) is 22.5 Å². The molecule has 0 saturated carbocycles. The molecule has 1 heterocycles. The average molecular weight is 441 g/mol. The number of hydrogen-bond acceptors (Lipinski definition) is 3. The first-order chi connectivity index (χ1) is 14.4. The predicted molar refractivity (Wildman–Crippen MR) is 121 cm³/mol. The van der Waals surface area contributed by atoms with Gasteiger partial charge in [0.15, 0.2) is 0 Å². The highest BCUT2D eigenvalue weighted by molar-refractivity contribution is 7.89. The third kappa shape index (κ3) is 4.44. The van der Waals surface area contributed by atoms with Gasteiger partial charge in [0.05, 0.1) is 10.9 Å². The summed E-state index contributed by atoms with van der Waals surface area (Å²) in [6.45, 7) is 4.30. The van der Waals surface area contributed by atoms with E-state index in [-0.39, 0.29) is 10.9 Å². The van der Waals surface area contributed by atoms with Gasteiger partial charge in [-0.05, 0) is 36.2 Å². The van der Waals surface area contributed by atoms with E-state index in [9.17, 15) is 8.42 Å². The lowest BCUT2D eigenvalue weighted by molar-refractivity contribution is 0.156. The van der Waals surface area contributed by atoms with Crippen molar-refractivity contribution in [2.45, 2.75) is 17.9 Å². The lowest BCUT2D eigenvalue weighted by atomic mass is 9.96. The molecule has 0 radical (unpaired) electrons. The SMILES string of the molecule is Cc1ccc([C@H](c2ccccc2)N2CCN(S(=O)(=O)c3cccc(Cl)c3)CC2)cc1. The predicted octanol–water partition coefficient (Wildman–Crippen LogP) is 4.74. The molecule has 1 atom stereocenters. The van der Waals surface area contributed by atoms with Crippen LogP contribution in [-0.4, -0.2) is 43.8 Å². The summed E-state index contributed by atoms with van der Waals surface area (Å²) in [5, 5.41) is 0.429. The first kappa shape index (κ1) is 21.1. The molecule has 0 amide bonds. The van der Waals surface area contributed by atoms with E-state index in [0.717, 1.165) is 0 Å². The summed E-state index contributed by atoms with van der Waals surface area (Å²) < 4.78 is 27.6. The summed E-state index contributed by atoms with van der Waals surface area (Å²) in [4.78, 5) is 2.62. The third-order valence-corrected chi connectivity index (χ3v) is 7.71. The van der Waals surface area contributed by atoms with E-state index in [1.165, 1.54) is 22.8 Å². The molecule has 1 aliphatic rings. The van der Waals surface area contributed by atoms with Crippen LogP contribution in [0.2, 0.25) is 5.02 Å². The number of aryl methyl sites for hydroxylation is 1. The van der Waals surface area contributed by atoms with Crippen molar-refractivity contribution >= 4 is 21.6 Å². The Hall–Kier alpha value is -2.18. The number of piperazine rings is 1. The topological polar surface area (TPSA) is 40.6 Å². The fourth-order valence-electron chi connectivity index (χ4n) is 3.98. The van der Waals surface area contributed by atoms with Gasteiger partial charge in [-0.3, -0.25) is 4.90 Å². The molecule has 0 bridgehead atoms. The zero-order valence-electron chi connectivity index (χ0n) is 16.9. The smallest absolute Gasteiger partial charge is 0.243 e. The standard InChI is InChI=1S/C24H25ClN2O2S/c1-19-10-12-21(13-11-19)24(20-6-3-2-4-7-20)26-14-16-27(17-15-26)30(28,29)23-9-5-8-22(25)18-23/h2-13,18,24H,14-17H2,1H3/t24-/m0/s1. The van der Waals surface area contributed by atoms with Gasteiger partial charge in [-0.2, -0.15) is 4.31 Å². The van der Waals surface area contributed by atoms with Gasteiger partial charge in [0, 0.05) is 31.2 Å². The minimum Gasteiger partial charge on any atom is -0.290 e. The summed E-state index contributed by atoms with van der Waals surface area (Å²) >= 11 is 6.01. The molecular weight excluding hydrogens is 416 g/mol. The van der Waals surface area contributed by atoms with E-state index in [0.29, 0.717) is 31.2 Å². The quantitative estimate of drug-likeness (QED) is 0.575. The van der Waals surface area contributed by atoms with Crippen molar-refractivity contribution in [1.29, 1.82) is 0 Å². The monoisotopic (exact) mass is 440 g/mol. The van der Waals surface area contributed by atoms with Gasteiger partial charge in [0.25, 0.3) is 0 Å². The highest BCUT2D eigenvalue weighted by Crippen LogP contribution is 2.31. The molecule has 0 aromatic heterocycles. The molecule has 0 unspecified atom stereocenters. The van der Waals surface area contributed by atoms with Gasteiger partial charge < -0.3 is 0 Å². The number of rotatable bonds is 5. The largest absolute Gasteiger partial charge is 0.290 e. The maximum atomic E-state index is 13.0. The van der Waals surface area contributed by atoms with Crippen molar-refractivity contribution in [3.8, 4) is 0 Å². The number of halogens is 1. The van der Waals surface area contributed by atoms with Gasteiger partial charge in [-0.25, -0.2) is 8.42 Å². The molecule has 3 aromatic rings. The van der Waals surface area contributed by atoms with Crippen molar-refractivity contribution in [3.05, 3.63) is 101 Å². The Kier molecular flexibility index (Phi) is 6.25. The van der Waals surface area contributed by atoms with Crippen LogP contribution < -0.4 is 0 Å². The Morgan fingerprint density at radius 1 is 0.800 bits per heavy atom. The second kappa shape index (κ2) is 8.90. The van der Waals surface area contributed by atoms with E-state index in [2.05, 4.69) is 60.4 Å². The van der Waals surface area contributed by atoms with Crippen molar-refractivity contribution < 1.29 is 8.42 Å². The molecule has 1 saturated heterocycles. The zero-order valence-corrected chi connectivity index (χ0v) is 18.5. The van der Waals surface area contributed by atoms with E-state index in [4.69, 9.17) is 11.6 Å². The third-order valence-electron chi connectivity index (χ3n) is 5.58. The fourth-order valence-corrected chi connectivity index (χ4v) is 5.70. The second-order valence-electron chi connectivity index (χ2n) is 7.62. The van der Waals surface area contributed by atoms with Crippen LogP contribution in [0, 0.1) is 6.92 Å². The summed E-state index contributed by atoms with van der Waals surface area (Å²) in [5.74, 6) is 0. The zero-order chi connectivity index (χ0) is 21.1. The Bertz CT molecular complexity index is 1090. The number of sulfonamides is 1. The number of benzene rings is 3. The van der Waals surface area contributed by atoms with Crippen LogP contribution in [-0.2, 0) is 10.0 Å². The molecule has 1 aliphatic heterocycles. The molecule has 3 aromatic carbocycles. The lowest BCUT2D eigenvalue weighted by Gasteiger charge is -2.39. The molecule has 0 spiro atoms. The fraction of sp³-hybridized carbons (Fsp3) is 0.250. The lowest BCUT2D eigenvalue weighted by Crippen LogP contribution is -2.49. The van der Waals surface area contributed by atoms with Gasteiger partial charge >= 0.3 is 0 Å².